The van der Waals surface area contributed by atoms with Gasteiger partial charge < -0.3 is 14.2 Å². The Balaban J connectivity index is 4.33. The van der Waals surface area contributed by atoms with E-state index in [4.69, 9.17) is 14.2 Å². The molecule has 320 valence electrons. The first-order valence-corrected chi connectivity index (χ1v) is 23.5. The number of unbranched alkanes of at least 4 members (excludes halogenated alkanes) is 25. The number of carbonyl (C=O) groups is 3. The Labute approximate surface area is 340 Å². The molecule has 0 N–H and O–H groups in total. The standard InChI is InChI=1S/C49H88O6/c1-4-7-10-13-16-19-21-23-24-25-26-28-30-33-36-39-42-48(51)54-45-46(44-53-47(50)41-38-35-32-29-18-15-12-9-6-3)55-49(52)43-40-37-34-31-27-22-20-17-14-11-8-5-2/h9,12,17-18,20,29,46H,4-8,10-11,13-16,19,21-28,30-45H2,1-3H3/b12-9-,20-17-,29-18-. The summed E-state index contributed by atoms with van der Waals surface area (Å²) >= 11 is 0. The second-order valence-electron chi connectivity index (χ2n) is 15.6. The zero-order valence-corrected chi connectivity index (χ0v) is 36.4. The highest BCUT2D eigenvalue weighted by atomic mass is 16.6. The summed E-state index contributed by atoms with van der Waals surface area (Å²) in [5.74, 6) is -0.927. The largest absolute Gasteiger partial charge is 0.462 e. The van der Waals surface area contributed by atoms with Crippen molar-refractivity contribution in [3.8, 4) is 0 Å². The van der Waals surface area contributed by atoms with Gasteiger partial charge in [0.1, 0.15) is 13.2 Å². The Bertz CT molecular complexity index is 938. The zero-order valence-electron chi connectivity index (χ0n) is 36.4. The van der Waals surface area contributed by atoms with Crippen LogP contribution >= 0.6 is 0 Å². The summed E-state index contributed by atoms with van der Waals surface area (Å²) in [5, 5.41) is 0. The molecule has 0 radical (unpaired) electrons. The van der Waals surface area contributed by atoms with Crippen LogP contribution in [-0.2, 0) is 28.6 Å². The summed E-state index contributed by atoms with van der Waals surface area (Å²) in [6.07, 6.45) is 50.0. The van der Waals surface area contributed by atoms with Gasteiger partial charge in [-0.05, 0) is 70.6 Å². The van der Waals surface area contributed by atoms with Gasteiger partial charge in [0, 0.05) is 19.3 Å². The highest BCUT2D eigenvalue weighted by Crippen LogP contribution is 2.15. The Hall–Kier alpha value is -2.37. The highest BCUT2D eigenvalue weighted by Gasteiger charge is 2.19. The van der Waals surface area contributed by atoms with E-state index in [9.17, 15) is 14.4 Å². The van der Waals surface area contributed by atoms with E-state index in [0.717, 1.165) is 83.5 Å². The molecule has 0 saturated carbocycles. The molecule has 0 aliphatic heterocycles. The lowest BCUT2D eigenvalue weighted by molar-refractivity contribution is -0.167. The smallest absolute Gasteiger partial charge is 0.306 e. The van der Waals surface area contributed by atoms with Gasteiger partial charge in [-0.25, -0.2) is 0 Å². The summed E-state index contributed by atoms with van der Waals surface area (Å²) < 4.78 is 16.7. The second-order valence-corrected chi connectivity index (χ2v) is 15.6. The Morgan fingerprint density at radius 2 is 0.709 bits per heavy atom. The third kappa shape index (κ3) is 42.6. The van der Waals surface area contributed by atoms with E-state index in [-0.39, 0.29) is 31.1 Å². The second kappa shape index (κ2) is 44.3. The maximum atomic E-state index is 12.7. The first kappa shape index (κ1) is 52.6. The molecule has 0 rings (SSSR count). The van der Waals surface area contributed by atoms with Gasteiger partial charge in [-0.1, -0.05) is 186 Å². The molecular weight excluding hydrogens is 685 g/mol. The lowest BCUT2D eigenvalue weighted by atomic mass is 10.0. The van der Waals surface area contributed by atoms with Gasteiger partial charge in [0.15, 0.2) is 6.10 Å². The number of ether oxygens (including phenoxy) is 3. The topological polar surface area (TPSA) is 78.9 Å². The van der Waals surface area contributed by atoms with Gasteiger partial charge in [-0.15, -0.1) is 0 Å². The molecule has 0 aliphatic rings. The quantitative estimate of drug-likeness (QED) is 0.0266. The molecule has 0 aromatic heterocycles. The molecule has 6 heteroatoms. The molecule has 0 aliphatic carbocycles. The van der Waals surface area contributed by atoms with E-state index >= 15 is 0 Å². The van der Waals surface area contributed by atoms with Crippen molar-refractivity contribution in [3.05, 3.63) is 36.5 Å². The van der Waals surface area contributed by atoms with Crippen LogP contribution in [0.5, 0.6) is 0 Å². The number of hydrogen-bond acceptors (Lipinski definition) is 6. The molecule has 0 saturated heterocycles. The van der Waals surface area contributed by atoms with Crippen LogP contribution in [0.4, 0.5) is 0 Å². The minimum Gasteiger partial charge on any atom is -0.462 e. The molecule has 6 nitrogen and oxygen atoms in total. The Kier molecular flexibility index (Phi) is 42.4. The van der Waals surface area contributed by atoms with Crippen LogP contribution in [-0.4, -0.2) is 37.2 Å². The first-order chi connectivity index (χ1) is 27.0. The predicted molar refractivity (Wildman–Crippen MR) is 233 cm³/mol. The molecule has 0 bridgehead atoms. The van der Waals surface area contributed by atoms with Crippen molar-refractivity contribution >= 4 is 17.9 Å². The maximum Gasteiger partial charge on any atom is 0.306 e. The van der Waals surface area contributed by atoms with Crippen molar-refractivity contribution in [2.75, 3.05) is 13.2 Å². The van der Waals surface area contributed by atoms with E-state index in [2.05, 4.69) is 57.2 Å². The number of carbonyl (C=O) groups excluding carboxylic acids is 3. The van der Waals surface area contributed by atoms with Crippen LogP contribution in [0.3, 0.4) is 0 Å². The van der Waals surface area contributed by atoms with E-state index in [1.54, 1.807) is 0 Å². The molecule has 55 heavy (non-hydrogen) atoms. The van der Waals surface area contributed by atoms with Crippen LogP contribution < -0.4 is 0 Å². The van der Waals surface area contributed by atoms with E-state index in [0.29, 0.717) is 19.3 Å². The van der Waals surface area contributed by atoms with Crippen molar-refractivity contribution < 1.29 is 28.6 Å². The third-order valence-corrected chi connectivity index (χ3v) is 10.1. The summed E-state index contributed by atoms with van der Waals surface area (Å²) in [6, 6.07) is 0. The fraction of sp³-hybridized carbons (Fsp3) is 0.816. The van der Waals surface area contributed by atoms with Crippen LogP contribution in [0.2, 0.25) is 0 Å². The average Bonchev–Trinajstić information content (AvgIpc) is 3.18. The SMILES string of the molecule is CC/C=C\C/C=C\CCCCC(=O)OCC(COC(=O)CCCCCCCCCCCCCCCCCC)OC(=O)CCCCCCC/C=C\CCCCC. The van der Waals surface area contributed by atoms with Crippen molar-refractivity contribution in [2.45, 2.75) is 245 Å². The molecule has 0 fully saturated rings. The summed E-state index contributed by atoms with van der Waals surface area (Å²) in [6.45, 7) is 6.46. The fourth-order valence-corrected chi connectivity index (χ4v) is 6.59. The van der Waals surface area contributed by atoms with E-state index in [1.807, 2.05) is 0 Å². The first-order valence-electron chi connectivity index (χ1n) is 23.5. The van der Waals surface area contributed by atoms with Gasteiger partial charge in [0.05, 0.1) is 0 Å². The monoisotopic (exact) mass is 773 g/mol. The molecule has 0 spiro atoms. The van der Waals surface area contributed by atoms with Crippen molar-refractivity contribution in [1.82, 2.24) is 0 Å². The average molecular weight is 773 g/mol. The highest BCUT2D eigenvalue weighted by molar-refractivity contribution is 5.71. The van der Waals surface area contributed by atoms with E-state index < -0.39 is 6.10 Å². The van der Waals surface area contributed by atoms with Crippen molar-refractivity contribution in [3.63, 3.8) is 0 Å². The van der Waals surface area contributed by atoms with Crippen LogP contribution in [0.25, 0.3) is 0 Å². The van der Waals surface area contributed by atoms with Gasteiger partial charge in [-0.2, -0.15) is 0 Å². The molecule has 0 heterocycles. The number of esters is 3. The van der Waals surface area contributed by atoms with Crippen LogP contribution in [0.1, 0.15) is 239 Å². The van der Waals surface area contributed by atoms with Crippen molar-refractivity contribution in [2.24, 2.45) is 0 Å². The van der Waals surface area contributed by atoms with Crippen molar-refractivity contribution in [1.29, 1.82) is 0 Å². The lowest BCUT2D eigenvalue weighted by Crippen LogP contribution is -2.30. The Morgan fingerprint density at radius 1 is 0.382 bits per heavy atom. The normalized spacial score (nSPS) is 12.3. The third-order valence-electron chi connectivity index (χ3n) is 10.1. The predicted octanol–water partition coefficient (Wildman–Crippen LogP) is 15.0. The minimum atomic E-state index is -0.783. The van der Waals surface area contributed by atoms with Gasteiger partial charge in [-0.3, -0.25) is 14.4 Å². The maximum absolute atomic E-state index is 12.7. The van der Waals surface area contributed by atoms with Gasteiger partial charge >= 0.3 is 17.9 Å². The summed E-state index contributed by atoms with van der Waals surface area (Å²) in [7, 11) is 0. The molecular formula is C49H88O6. The van der Waals surface area contributed by atoms with Crippen LogP contribution in [0.15, 0.2) is 36.5 Å². The molecule has 0 aromatic carbocycles. The number of rotatable bonds is 42. The van der Waals surface area contributed by atoms with Gasteiger partial charge in [0.2, 0.25) is 0 Å². The lowest BCUT2D eigenvalue weighted by Gasteiger charge is -2.18. The summed E-state index contributed by atoms with van der Waals surface area (Å²) in [5.41, 5.74) is 0. The summed E-state index contributed by atoms with van der Waals surface area (Å²) in [4.78, 5) is 37.7. The van der Waals surface area contributed by atoms with Crippen LogP contribution in [0, 0.1) is 0 Å². The molecule has 0 amide bonds. The minimum absolute atomic E-state index is 0.0834. The molecule has 1 unspecified atom stereocenters. The fourth-order valence-electron chi connectivity index (χ4n) is 6.59. The number of hydrogen-bond donors (Lipinski definition) is 0. The van der Waals surface area contributed by atoms with E-state index in [1.165, 1.54) is 116 Å². The molecule has 0 aromatic rings. The zero-order chi connectivity index (χ0) is 40.1. The number of allylic oxidation sites excluding steroid dienone is 6. The van der Waals surface area contributed by atoms with Gasteiger partial charge in [0.25, 0.3) is 0 Å². The Morgan fingerprint density at radius 3 is 1.18 bits per heavy atom. The molecule has 1 atom stereocenters.